The van der Waals surface area contributed by atoms with Crippen molar-refractivity contribution in [1.29, 1.82) is 0 Å². The van der Waals surface area contributed by atoms with E-state index in [-0.39, 0.29) is 17.4 Å². The summed E-state index contributed by atoms with van der Waals surface area (Å²) in [4.78, 5) is 27.4. The van der Waals surface area contributed by atoms with E-state index in [9.17, 15) is 22.4 Å². The van der Waals surface area contributed by atoms with Crippen molar-refractivity contribution in [2.45, 2.75) is 43.2 Å². The first-order chi connectivity index (χ1) is 15.8. The number of carbonyl (C=O) groups excluding carboxylic acids is 2. The molecule has 2 aromatic carbocycles. The van der Waals surface area contributed by atoms with E-state index in [0.717, 1.165) is 12.8 Å². The van der Waals surface area contributed by atoms with Gasteiger partial charge in [0.05, 0.1) is 17.5 Å². The molecule has 0 spiro atoms. The number of nitrogens with zero attached hydrogens (tertiary/aromatic N) is 1. The third-order valence-electron chi connectivity index (χ3n) is 5.37. The van der Waals surface area contributed by atoms with E-state index in [0.29, 0.717) is 18.8 Å². The van der Waals surface area contributed by atoms with Gasteiger partial charge in [-0.15, -0.1) is 0 Å². The van der Waals surface area contributed by atoms with Crippen LogP contribution in [0.3, 0.4) is 0 Å². The van der Waals surface area contributed by atoms with Crippen LogP contribution in [0.5, 0.6) is 0 Å². The highest BCUT2D eigenvalue weighted by Crippen LogP contribution is 2.21. The predicted molar refractivity (Wildman–Crippen MR) is 122 cm³/mol. The van der Waals surface area contributed by atoms with Crippen LogP contribution in [-0.2, 0) is 24.3 Å². The van der Waals surface area contributed by atoms with E-state index in [4.69, 9.17) is 4.74 Å². The molecule has 2 atom stereocenters. The van der Waals surface area contributed by atoms with Crippen LogP contribution in [0.15, 0.2) is 59.5 Å². The normalized spacial score (nSPS) is 16.8. The van der Waals surface area contributed by atoms with Crippen molar-refractivity contribution in [1.82, 2.24) is 10.0 Å². The Labute approximate surface area is 193 Å². The lowest BCUT2D eigenvalue weighted by atomic mass is 10.1. The second kappa shape index (κ2) is 11.4. The molecule has 1 fully saturated rings. The monoisotopic (exact) mass is 477 g/mol. The molecule has 0 aromatic heterocycles. The molecule has 33 heavy (non-hydrogen) atoms. The van der Waals surface area contributed by atoms with Gasteiger partial charge in [0.1, 0.15) is 11.9 Å². The van der Waals surface area contributed by atoms with Crippen molar-refractivity contribution >= 4 is 27.5 Å². The number of halogens is 1. The number of sulfonamides is 1. The topological polar surface area (TPSA) is 105 Å². The largest absolute Gasteiger partial charge is 0.376 e. The average Bonchev–Trinajstić information content (AvgIpc) is 3.34. The number of rotatable bonds is 10. The molecule has 1 saturated heterocycles. The molecule has 178 valence electrons. The van der Waals surface area contributed by atoms with Crippen molar-refractivity contribution < 1.29 is 27.1 Å². The quantitative estimate of drug-likeness (QED) is 0.546. The first-order valence-corrected chi connectivity index (χ1v) is 12.3. The molecule has 1 heterocycles. The summed E-state index contributed by atoms with van der Waals surface area (Å²) in [6.45, 7) is 2.15. The summed E-state index contributed by atoms with van der Waals surface area (Å²) in [5.74, 6) is -1.52. The molecule has 1 aliphatic rings. The predicted octanol–water partition coefficient (Wildman–Crippen LogP) is 2.21. The Balaban J connectivity index is 1.78. The second-order valence-electron chi connectivity index (χ2n) is 7.68. The highest BCUT2D eigenvalue weighted by Gasteiger charge is 2.31. The van der Waals surface area contributed by atoms with Crippen molar-refractivity contribution in [3.8, 4) is 0 Å². The number of amides is 2. The maximum atomic E-state index is 13.5. The lowest BCUT2D eigenvalue weighted by Crippen LogP contribution is -2.53. The molecule has 0 aliphatic carbocycles. The van der Waals surface area contributed by atoms with Crippen LogP contribution in [0.2, 0.25) is 0 Å². The lowest BCUT2D eigenvalue weighted by Gasteiger charge is -2.31. The minimum Gasteiger partial charge on any atom is -0.376 e. The first kappa shape index (κ1) is 24.8. The summed E-state index contributed by atoms with van der Waals surface area (Å²) in [7, 11) is -3.93. The van der Waals surface area contributed by atoms with Crippen LogP contribution in [-0.4, -0.2) is 52.1 Å². The van der Waals surface area contributed by atoms with Crippen molar-refractivity contribution in [3.05, 3.63) is 60.4 Å². The molecular formula is C23H28FN3O5S. The number of hydrogen-bond donors (Lipinski definition) is 2. The van der Waals surface area contributed by atoms with Gasteiger partial charge < -0.3 is 10.1 Å². The Morgan fingerprint density at radius 3 is 2.45 bits per heavy atom. The van der Waals surface area contributed by atoms with Crippen molar-refractivity contribution in [2.24, 2.45) is 0 Å². The van der Waals surface area contributed by atoms with E-state index in [2.05, 4.69) is 10.0 Å². The van der Waals surface area contributed by atoms with Gasteiger partial charge in [-0.2, -0.15) is 0 Å². The van der Waals surface area contributed by atoms with Gasteiger partial charge in [0, 0.05) is 18.8 Å². The van der Waals surface area contributed by atoms with Gasteiger partial charge in [-0.25, -0.2) is 17.5 Å². The zero-order chi connectivity index (χ0) is 23.8. The van der Waals surface area contributed by atoms with Crippen LogP contribution in [0.1, 0.15) is 26.2 Å². The first-order valence-electron chi connectivity index (χ1n) is 10.8. The molecule has 2 aromatic rings. The molecule has 8 nitrogen and oxygen atoms in total. The van der Waals surface area contributed by atoms with Gasteiger partial charge in [-0.1, -0.05) is 25.1 Å². The Hall–Kier alpha value is -2.82. The van der Waals surface area contributed by atoms with Gasteiger partial charge in [-0.05, 0) is 55.7 Å². The summed E-state index contributed by atoms with van der Waals surface area (Å²) in [5, 5.41) is 2.82. The Bertz CT molecular complexity index is 1040. The van der Waals surface area contributed by atoms with Crippen LogP contribution in [0, 0.1) is 5.82 Å². The van der Waals surface area contributed by atoms with Crippen molar-refractivity contribution in [2.75, 3.05) is 24.6 Å². The van der Waals surface area contributed by atoms with E-state index in [1.54, 1.807) is 25.1 Å². The number of ether oxygens (including phenoxy) is 1. The highest BCUT2D eigenvalue weighted by molar-refractivity contribution is 7.89. The minimum absolute atomic E-state index is 0.0208. The van der Waals surface area contributed by atoms with Crippen LogP contribution in [0.25, 0.3) is 0 Å². The minimum atomic E-state index is -3.93. The third kappa shape index (κ3) is 6.59. The lowest BCUT2D eigenvalue weighted by molar-refractivity contribution is -0.126. The van der Waals surface area contributed by atoms with Crippen LogP contribution >= 0.6 is 0 Å². The fourth-order valence-corrected chi connectivity index (χ4v) is 4.64. The zero-order valence-corrected chi connectivity index (χ0v) is 19.2. The van der Waals surface area contributed by atoms with Crippen LogP contribution in [0.4, 0.5) is 10.1 Å². The summed E-state index contributed by atoms with van der Waals surface area (Å²) in [5.41, 5.74) is 0.291. The molecular weight excluding hydrogens is 449 g/mol. The number of nitrogens with one attached hydrogen (secondary N) is 2. The fraction of sp³-hybridized carbons (Fsp3) is 0.391. The molecule has 2 amide bonds. The zero-order valence-electron chi connectivity index (χ0n) is 18.4. The molecule has 2 N–H and O–H groups in total. The number of hydrogen-bond acceptors (Lipinski definition) is 5. The van der Waals surface area contributed by atoms with Gasteiger partial charge in [0.25, 0.3) is 0 Å². The van der Waals surface area contributed by atoms with Gasteiger partial charge in [0.2, 0.25) is 21.8 Å². The maximum absolute atomic E-state index is 13.5. The number of benzene rings is 2. The molecule has 0 unspecified atom stereocenters. The SMILES string of the molecule is CC[C@H](C(=O)NC[C@H]1CCCO1)N(C(=O)CNS(=O)(=O)c1ccccc1)c1ccc(F)cc1. The molecule has 1 aliphatic heterocycles. The third-order valence-corrected chi connectivity index (χ3v) is 6.79. The molecule has 0 bridgehead atoms. The van der Waals surface area contributed by atoms with E-state index < -0.39 is 40.2 Å². The van der Waals surface area contributed by atoms with Gasteiger partial charge in [-0.3, -0.25) is 14.5 Å². The highest BCUT2D eigenvalue weighted by atomic mass is 32.2. The summed E-state index contributed by atoms with van der Waals surface area (Å²) < 4.78 is 46.4. The van der Waals surface area contributed by atoms with Gasteiger partial charge >= 0.3 is 0 Å². The number of carbonyl (C=O) groups is 2. The second-order valence-corrected chi connectivity index (χ2v) is 9.45. The smallest absolute Gasteiger partial charge is 0.243 e. The average molecular weight is 478 g/mol. The molecule has 0 saturated carbocycles. The van der Waals surface area contributed by atoms with Gasteiger partial charge in [0.15, 0.2) is 0 Å². The summed E-state index contributed by atoms with van der Waals surface area (Å²) in [6.07, 6.45) is 1.98. The Kier molecular flexibility index (Phi) is 8.54. The Morgan fingerprint density at radius 2 is 1.85 bits per heavy atom. The standard InChI is InChI=1S/C23H28FN3O5S/c1-2-21(23(29)25-15-19-7-6-14-32-19)27(18-12-10-17(24)11-13-18)22(28)16-26-33(30,31)20-8-4-3-5-9-20/h3-5,8-13,19,21,26H,2,6-7,14-16H2,1H3,(H,25,29)/t19-,21-/m1/s1. The molecule has 3 rings (SSSR count). The molecule has 0 radical (unpaired) electrons. The van der Waals surface area contributed by atoms with E-state index >= 15 is 0 Å². The number of anilines is 1. The van der Waals surface area contributed by atoms with E-state index in [1.807, 2.05) is 0 Å². The van der Waals surface area contributed by atoms with E-state index in [1.165, 1.54) is 41.3 Å². The Morgan fingerprint density at radius 1 is 1.15 bits per heavy atom. The van der Waals surface area contributed by atoms with Crippen molar-refractivity contribution in [3.63, 3.8) is 0 Å². The van der Waals surface area contributed by atoms with Crippen LogP contribution < -0.4 is 14.9 Å². The summed E-state index contributed by atoms with van der Waals surface area (Å²) in [6, 6.07) is 11.9. The fourth-order valence-electron chi connectivity index (χ4n) is 3.65. The maximum Gasteiger partial charge on any atom is 0.243 e. The summed E-state index contributed by atoms with van der Waals surface area (Å²) >= 11 is 0. The molecule has 10 heteroatoms.